The summed E-state index contributed by atoms with van der Waals surface area (Å²) in [4.78, 5) is 8.83. The maximum atomic E-state index is 8.83. The fourth-order valence-corrected chi connectivity index (χ4v) is 1.49. The second kappa shape index (κ2) is 5.79. The molecular weight excluding hydrogens is 128 g/mol. The molecule has 1 nitrogen and oxygen atoms in total. The van der Waals surface area contributed by atoms with Crippen molar-refractivity contribution in [2.75, 3.05) is 0 Å². The summed E-state index contributed by atoms with van der Waals surface area (Å²) in [6.45, 7) is 7.22. The van der Waals surface area contributed by atoms with Crippen LogP contribution in [0.5, 0.6) is 0 Å². The van der Waals surface area contributed by atoms with Crippen molar-refractivity contribution in [3.8, 4) is 0 Å². The van der Waals surface area contributed by atoms with Crippen LogP contribution in [0.15, 0.2) is 25.3 Å². The van der Waals surface area contributed by atoms with Gasteiger partial charge in [0.15, 0.2) is 9.76 Å². The Morgan fingerprint density at radius 3 is 2.00 bits per heavy atom. The monoisotopic (exact) mass is 142 g/mol. The lowest BCUT2D eigenvalue weighted by Gasteiger charge is -2.05. The normalized spacial score (nSPS) is 10.9. The number of allylic oxidation sites excluding steroid dienone is 2. The highest BCUT2D eigenvalue weighted by molar-refractivity contribution is 6.27. The van der Waals surface area contributed by atoms with Crippen LogP contribution in [-0.2, 0) is 0 Å². The molecule has 0 amide bonds. The maximum Gasteiger partial charge on any atom is 0.160 e. The molecule has 0 aromatic rings. The summed E-state index contributed by atoms with van der Waals surface area (Å²) in [5.41, 5.74) is 0.472. The largest absolute Gasteiger partial charge is 0.438 e. The predicted octanol–water partition coefficient (Wildman–Crippen LogP) is 1.00. The van der Waals surface area contributed by atoms with Crippen LogP contribution in [0.25, 0.3) is 0 Å². The topological polar surface area (TPSA) is 20.2 Å². The third-order valence-electron chi connectivity index (χ3n) is 1.26. The Bertz CT molecular complexity index is 80.9. The van der Waals surface area contributed by atoms with Gasteiger partial charge in [0.1, 0.15) is 0 Å². The molecule has 0 aromatic carbocycles. The van der Waals surface area contributed by atoms with Crippen molar-refractivity contribution < 1.29 is 4.80 Å². The van der Waals surface area contributed by atoms with Crippen molar-refractivity contribution in [2.45, 2.75) is 18.4 Å². The third-order valence-corrected chi connectivity index (χ3v) is 2.44. The van der Waals surface area contributed by atoms with Crippen LogP contribution >= 0.6 is 0 Å². The van der Waals surface area contributed by atoms with Crippen LogP contribution in [0.2, 0.25) is 5.54 Å². The highest BCUT2D eigenvalue weighted by atomic mass is 28.2. The van der Waals surface area contributed by atoms with Crippen LogP contribution in [0, 0.1) is 0 Å². The lowest BCUT2D eigenvalue weighted by Crippen LogP contribution is -1.99. The van der Waals surface area contributed by atoms with Gasteiger partial charge in [0, 0.05) is 0 Å². The van der Waals surface area contributed by atoms with Gasteiger partial charge in [0.2, 0.25) is 0 Å². The van der Waals surface area contributed by atoms with E-state index in [1.807, 2.05) is 12.2 Å². The average molecular weight is 142 g/mol. The highest BCUT2D eigenvalue weighted by Crippen LogP contribution is 2.13. The first-order valence-electron chi connectivity index (χ1n) is 3.17. The van der Waals surface area contributed by atoms with Crippen LogP contribution in [0.3, 0.4) is 0 Å². The minimum Gasteiger partial charge on any atom is -0.438 e. The zero-order valence-corrected chi connectivity index (χ0v) is 7.13. The molecule has 0 radical (unpaired) electrons. The molecule has 0 aliphatic rings. The molecule has 0 bridgehead atoms. The van der Waals surface area contributed by atoms with Gasteiger partial charge in [-0.15, -0.1) is 13.2 Å². The summed E-state index contributed by atoms with van der Waals surface area (Å²) < 4.78 is 0. The van der Waals surface area contributed by atoms with Crippen molar-refractivity contribution in [2.24, 2.45) is 0 Å². The number of hydrogen-bond donors (Lipinski definition) is 1. The van der Waals surface area contributed by atoms with Gasteiger partial charge < -0.3 is 4.80 Å². The Morgan fingerprint density at radius 1 is 1.33 bits per heavy atom. The molecule has 0 unspecified atom stereocenters. The molecule has 0 rings (SSSR count). The fourth-order valence-electron chi connectivity index (χ4n) is 0.717. The summed E-state index contributed by atoms with van der Waals surface area (Å²) in [5, 5.41) is 0. The van der Waals surface area contributed by atoms with Gasteiger partial charge in [-0.05, 0) is 18.4 Å². The first kappa shape index (κ1) is 8.66. The fraction of sp³-hybridized carbons (Fsp3) is 0.429. The first-order chi connectivity index (χ1) is 4.35. The molecule has 9 heavy (non-hydrogen) atoms. The summed E-state index contributed by atoms with van der Waals surface area (Å²) in [7, 11) is -0.837. The second-order valence-corrected chi connectivity index (χ2v) is 3.62. The summed E-state index contributed by atoms with van der Waals surface area (Å²) in [6, 6.07) is 0. The van der Waals surface area contributed by atoms with E-state index in [0.717, 1.165) is 12.8 Å². The molecule has 0 saturated carbocycles. The van der Waals surface area contributed by atoms with Gasteiger partial charge in [-0.25, -0.2) is 0 Å². The number of rotatable bonds is 5. The smallest absolute Gasteiger partial charge is 0.160 e. The molecule has 52 valence electrons. The minimum absolute atomic E-state index is 0.472. The van der Waals surface area contributed by atoms with Crippen LogP contribution < -0.4 is 0 Å². The Morgan fingerprint density at radius 2 is 1.78 bits per heavy atom. The van der Waals surface area contributed by atoms with E-state index < -0.39 is 9.76 Å². The summed E-state index contributed by atoms with van der Waals surface area (Å²) >= 11 is 0. The van der Waals surface area contributed by atoms with Crippen molar-refractivity contribution in [1.29, 1.82) is 0 Å². The third kappa shape index (κ3) is 4.18. The number of hydrogen-bond acceptors (Lipinski definition) is 1. The Hall–Kier alpha value is -0.343. The Balaban J connectivity index is 3.39. The van der Waals surface area contributed by atoms with E-state index in [1.54, 1.807) is 0 Å². The molecule has 0 atom stereocenters. The van der Waals surface area contributed by atoms with E-state index in [1.165, 1.54) is 0 Å². The van der Waals surface area contributed by atoms with Crippen molar-refractivity contribution in [1.82, 2.24) is 0 Å². The van der Waals surface area contributed by atoms with Gasteiger partial charge in [0.25, 0.3) is 0 Å². The molecule has 0 fully saturated rings. The molecule has 1 N–H and O–H groups in total. The summed E-state index contributed by atoms with van der Waals surface area (Å²) in [5.74, 6) is 0. The second-order valence-electron chi connectivity index (χ2n) is 2.10. The molecule has 2 heteroatoms. The van der Waals surface area contributed by atoms with E-state index in [-0.39, 0.29) is 0 Å². The predicted molar refractivity (Wildman–Crippen MR) is 44.1 cm³/mol. The van der Waals surface area contributed by atoms with E-state index in [4.69, 9.17) is 4.80 Å². The molecule has 0 aliphatic carbocycles. The summed E-state index contributed by atoms with van der Waals surface area (Å²) in [6.07, 6.45) is 5.60. The van der Waals surface area contributed by atoms with Gasteiger partial charge >= 0.3 is 0 Å². The molecule has 0 heterocycles. The quantitative estimate of drug-likeness (QED) is 0.448. The molecule has 0 aliphatic heterocycles. The van der Waals surface area contributed by atoms with Crippen molar-refractivity contribution in [3.63, 3.8) is 0 Å². The van der Waals surface area contributed by atoms with Gasteiger partial charge in [0.05, 0.1) is 0 Å². The Kier molecular flexibility index (Phi) is 5.57. The van der Waals surface area contributed by atoms with E-state index >= 15 is 0 Å². The lowest BCUT2D eigenvalue weighted by molar-refractivity contribution is 0.574. The molecule has 0 saturated heterocycles. The Labute approximate surface area is 59.0 Å². The van der Waals surface area contributed by atoms with Crippen molar-refractivity contribution >= 4 is 9.76 Å². The standard InChI is InChI=1S/C7H14OSi/c1-3-5-7(9-8)6-4-2/h3-4,7-8H,1-2,5-6,9H2. The lowest BCUT2D eigenvalue weighted by atomic mass is 10.2. The van der Waals surface area contributed by atoms with Gasteiger partial charge in [-0.3, -0.25) is 0 Å². The molecule has 0 spiro atoms. The van der Waals surface area contributed by atoms with Crippen LogP contribution in [0.1, 0.15) is 12.8 Å². The molecule has 0 aromatic heterocycles. The molecular formula is C7H14OSi. The first-order valence-corrected chi connectivity index (χ1v) is 4.62. The van der Waals surface area contributed by atoms with Crippen LogP contribution in [0.4, 0.5) is 0 Å². The van der Waals surface area contributed by atoms with E-state index in [9.17, 15) is 0 Å². The van der Waals surface area contributed by atoms with Gasteiger partial charge in [-0.2, -0.15) is 0 Å². The van der Waals surface area contributed by atoms with Crippen LogP contribution in [-0.4, -0.2) is 14.6 Å². The average Bonchev–Trinajstić information content (AvgIpc) is 1.88. The SMILES string of the molecule is C=CCC(CC=C)[SiH2]O. The maximum absolute atomic E-state index is 8.83. The highest BCUT2D eigenvalue weighted by Gasteiger charge is 2.01. The van der Waals surface area contributed by atoms with Gasteiger partial charge in [-0.1, -0.05) is 12.2 Å². The zero-order valence-electron chi connectivity index (χ0n) is 5.71. The minimum atomic E-state index is -0.837. The zero-order chi connectivity index (χ0) is 7.11. The van der Waals surface area contributed by atoms with Crippen molar-refractivity contribution in [3.05, 3.63) is 25.3 Å². The van der Waals surface area contributed by atoms with E-state index in [0.29, 0.717) is 5.54 Å². The van der Waals surface area contributed by atoms with E-state index in [2.05, 4.69) is 13.2 Å².